The summed E-state index contributed by atoms with van der Waals surface area (Å²) in [5.41, 5.74) is 0. The smallest absolute Gasteiger partial charge is 0.220 e. The number of nitrogens with one attached hydrogen (secondary N) is 1. The van der Waals surface area contributed by atoms with Crippen LogP contribution in [0.25, 0.3) is 0 Å². The number of para-hydroxylation sites is 2. The number of halogens is 1. The van der Waals surface area contributed by atoms with Crippen molar-refractivity contribution >= 4 is 33.6 Å². The Kier molecular flexibility index (Phi) is 7.98. The number of carbonyl (C=O) groups excluding carboxylic acids is 1. The van der Waals surface area contributed by atoms with E-state index in [1.807, 2.05) is 48.5 Å². The Labute approximate surface area is 155 Å². The van der Waals surface area contributed by atoms with E-state index in [4.69, 9.17) is 9.47 Å². The molecule has 0 aliphatic heterocycles. The second-order valence-corrected chi connectivity index (χ2v) is 6.99. The van der Waals surface area contributed by atoms with Gasteiger partial charge in [-0.15, -0.1) is 11.8 Å². The van der Waals surface area contributed by atoms with E-state index in [1.54, 1.807) is 18.9 Å². The molecular formula is C18H20BrNO3S. The number of ether oxygens (including phenoxy) is 2. The number of methoxy groups -OCH3 is 1. The lowest BCUT2D eigenvalue weighted by molar-refractivity contribution is -0.120. The lowest BCUT2D eigenvalue weighted by Gasteiger charge is -2.10. The Hall–Kier alpha value is -1.66. The zero-order chi connectivity index (χ0) is 17.2. The summed E-state index contributed by atoms with van der Waals surface area (Å²) in [5, 5.41) is 2.86. The first-order chi connectivity index (χ1) is 11.7. The Bertz CT molecular complexity index is 649. The van der Waals surface area contributed by atoms with Crippen LogP contribution in [0.1, 0.15) is 6.42 Å². The van der Waals surface area contributed by atoms with Gasteiger partial charge in [-0.3, -0.25) is 4.79 Å². The molecule has 2 aromatic carbocycles. The Morgan fingerprint density at radius 2 is 1.83 bits per heavy atom. The molecule has 0 radical (unpaired) electrons. The predicted molar refractivity (Wildman–Crippen MR) is 101 cm³/mol. The molecule has 0 saturated carbocycles. The first kappa shape index (κ1) is 18.7. The Balaban J connectivity index is 1.60. The third-order valence-electron chi connectivity index (χ3n) is 3.16. The number of benzene rings is 2. The molecule has 128 valence electrons. The number of carbonyl (C=O) groups is 1. The van der Waals surface area contributed by atoms with Gasteiger partial charge in [0.25, 0.3) is 0 Å². The zero-order valence-corrected chi connectivity index (χ0v) is 15.9. The van der Waals surface area contributed by atoms with Crippen molar-refractivity contribution in [2.75, 3.05) is 26.0 Å². The highest BCUT2D eigenvalue weighted by molar-refractivity contribution is 9.10. The van der Waals surface area contributed by atoms with Gasteiger partial charge in [0, 0.05) is 21.5 Å². The van der Waals surface area contributed by atoms with E-state index in [0.717, 1.165) is 15.1 Å². The summed E-state index contributed by atoms with van der Waals surface area (Å²) in [5.74, 6) is 2.15. The van der Waals surface area contributed by atoms with E-state index < -0.39 is 0 Å². The molecule has 0 aliphatic rings. The summed E-state index contributed by atoms with van der Waals surface area (Å²) < 4.78 is 11.9. The molecule has 0 saturated heterocycles. The third kappa shape index (κ3) is 6.45. The molecule has 0 spiro atoms. The van der Waals surface area contributed by atoms with Crippen LogP contribution < -0.4 is 14.8 Å². The fourth-order valence-electron chi connectivity index (χ4n) is 1.97. The highest BCUT2D eigenvalue weighted by Crippen LogP contribution is 2.25. The average Bonchev–Trinajstić information content (AvgIpc) is 2.61. The van der Waals surface area contributed by atoms with E-state index in [0.29, 0.717) is 31.1 Å². The molecule has 0 atom stereocenters. The second kappa shape index (κ2) is 10.3. The molecule has 6 heteroatoms. The molecule has 0 aliphatic carbocycles. The summed E-state index contributed by atoms with van der Waals surface area (Å²) in [7, 11) is 1.60. The number of thioether (sulfide) groups is 1. The maximum absolute atomic E-state index is 11.8. The van der Waals surface area contributed by atoms with Crippen LogP contribution in [0.3, 0.4) is 0 Å². The maximum atomic E-state index is 11.8. The molecule has 4 nitrogen and oxygen atoms in total. The van der Waals surface area contributed by atoms with Crippen molar-refractivity contribution in [1.82, 2.24) is 5.32 Å². The SMILES string of the molecule is COc1ccccc1OCCNC(=O)CCSc1ccc(Br)cc1. The minimum absolute atomic E-state index is 0.0308. The first-order valence-electron chi connectivity index (χ1n) is 7.60. The standard InChI is InChI=1S/C18H20BrNO3S/c1-22-16-4-2-3-5-17(16)23-12-11-20-18(21)10-13-24-15-8-6-14(19)7-9-15/h2-9H,10-13H2,1H3,(H,20,21). The minimum atomic E-state index is 0.0308. The van der Waals surface area contributed by atoms with Crippen molar-refractivity contribution in [1.29, 1.82) is 0 Å². The highest BCUT2D eigenvalue weighted by atomic mass is 79.9. The summed E-state index contributed by atoms with van der Waals surface area (Å²) in [6.07, 6.45) is 0.482. The lowest BCUT2D eigenvalue weighted by atomic mass is 10.3. The van der Waals surface area contributed by atoms with Gasteiger partial charge in [-0.2, -0.15) is 0 Å². The summed E-state index contributed by atoms with van der Waals surface area (Å²) >= 11 is 5.07. The molecule has 0 aromatic heterocycles. The predicted octanol–water partition coefficient (Wildman–Crippen LogP) is 4.14. The van der Waals surface area contributed by atoms with Crippen LogP contribution >= 0.6 is 27.7 Å². The van der Waals surface area contributed by atoms with E-state index in [9.17, 15) is 4.79 Å². The van der Waals surface area contributed by atoms with Crippen LogP contribution in [0.4, 0.5) is 0 Å². The molecule has 1 N–H and O–H groups in total. The molecule has 2 aromatic rings. The summed E-state index contributed by atoms with van der Waals surface area (Å²) in [4.78, 5) is 13.0. The minimum Gasteiger partial charge on any atom is -0.493 e. The molecule has 1 amide bonds. The Morgan fingerprint density at radius 3 is 2.54 bits per heavy atom. The van der Waals surface area contributed by atoms with Crippen molar-refractivity contribution < 1.29 is 14.3 Å². The van der Waals surface area contributed by atoms with Crippen LogP contribution in [0.5, 0.6) is 11.5 Å². The van der Waals surface area contributed by atoms with Crippen molar-refractivity contribution in [3.63, 3.8) is 0 Å². The lowest BCUT2D eigenvalue weighted by Crippen LogP contribution is -2.28. The Morgan fingerprint density at radius 1 is 1.12 bits per heavy atom. The van der Waals surface area contributed by atoms with Crippen LogP contribution in [0.15, 0.2) is 57.9 Å². The quantitative estimate of drug-likeness (QED) is 0.499. The van der Waals surface area contributed by atoms with Crippen molar-refractivity contribution in [2.45, 2.75) is 11.3 Å². The third-order valence-corrected chi connectivity index (χ3v) is 4.70. The summed E-state index contributed by atoms with van der Waals surface area (Å²) in [6, 6.07) is 15.5. The van der Waals surface area contributed by atoms with Gasteiger partial charge in [0.1, 0.15) is 6.61 Å². The molecule has 0 unspecified atom stereocenters. The summed E-state index contributed by atoms with van der Waals surface area (Å²) in [6.45, 7) is 0.881. The van der Waals surface area contributed by atoms with Gasteiger partial charge in [0.05, 0.1) is 13.7 Å². The number of rotatable bonds is 9. The number of hydrogen-bond donors (Lipinski definition) is 1. The number of hydrogen-bond acceptors (Lipinski definition) is 4. The van der Waals surface area contributed by atoms with Crippen molar-refractivity contribution in [3.8, 4) is 11.5 Å². The largest absolute Gasteiger partial charge is 0.493 e. The molecule has 0 heterocycles. The molecule has 0 bridgehead atoms. The maximum Gasteiger partial charge on any atom is 0.220 e. The topological polar surface area (TPSA) is 47.6 Å². The molecular weight excluding hydrogens is 390 g/mol. The van der Waals surface area contributed by atoms with E-state index >= 15 is 0 Å². The van der Waals surface area contributed by atoms with Crippen molar-refractivity contribution in [3.05, 3.63) is 53.0 Å². The highest BCUT2D eigenvalue weighted by Gasteiger charge is 2.04. The first-order valence-corrected chi connectivity index (χ1v) is 9.38. The van der Waals surface area contributed by atoms with Gasteiger partial charge in [-0.1, -0.05) is 28.1 Å². The van der Waals surface area contributed by atoms with Gasteiger partial charge < -0.3 is 14.8 Å². The van der Waals surface area contributed by atoms with Gasteiger partial charge in [0.2, 0.25) is 5.91 Å². The van der Waals surface area contributed by atoms with Crippen LogP contribution in [-0.4, -0.2) is 31.9 Å². The molecule has 2 rings (SSSR count). The average molecular weight is 410 g/mol. The monoisotopic (exact) mass is 409 g/mol. The zero-order valence-electron chi connectivity index (χ0n) is 13.5. The van der Waals surface area contributed by atoms with Crippen molar-refractivity contribution in [2.24, 2.45) is 0 Å². The van der Waals surface area contributed by atoms with E-state index in [-0.39, 0.29) is 5.91 Å². The normalized spacial score (nSPS) is 10.2. The second-order valence-electron chi connectivity index (χ2n) is 4.90. The van der Waals surface area contributed by atoms with Gasteiger partial charge in [0.15, 0.2) is 11.5 Å². The fourth-order valence-corrected chi connectivity index (χ4v) is 3.09. The van der Waals surface area contributed by atoms with E-state index in [1.165, 1.54) is 0 Å². The van der Waals surface area contributed by atoms with Gasteiger partial charge in [-0.05, 0) is 36.4 Å². The van der Waals surface area contributed by atoms with Gasteiger partial charge >= 0.3 is 0 Å². The van der Waals surface area contributed by atoms with Gasteiger partial charge in [-0.25, -0.2) is 0 Å². The van der Waals surface area contributed by atoms with Crippen LogP contribution in [0.2, 0.25) is 0 Å². The van der Waals surface area contributed by atoms with Crippen LogP contribution in [0, 0.1) is 0 Å². The molecule has 0 fully saturated rings. The fraction of sp³-hybridized carbons (Fsp3) is 0.278. The number of amides is 1. The van der Waals surface area contributed by atoms with Crippen LogP contribution in [-0.2, 0) is 4.79 Å². The molecule has 24 heavy (non-hydrogen) atoms. The van der Waals surface area contributed by atoms with E-state index in [2.05, 4.69) is 21.2 Å².